The van der Waals surface area contributed by atoms with Gasteiger partial charge in [0.05, 0.1) is 0 Å². The fourth-order valence-corrected chi connectivity index (χ4v) is 1.88. The highest BCUT2D eigenvalue weighted by Crippen LogP contribution is 2.09. The van der Waals surface area contributed by atoms with Gasteiger partial charge in [0, 0.05) is 5.56 Å². The Morgan fingerprint density at radius 3 is 2.24 bits per heavy atom. The summed E-state index contributed by atoms with van der Waals surface area (Å²) in [5.74, 6) is -1.61. The summed E-state index contributed by atoms with van der Waals surface area (Å²) in [6.45, 7) is 1.80. The van der Waals surface area contributed by atoms with Crippen LogP contribution >= 0.6 is 0 Å². The number of amides is 1. The molecule has 21 heavy (non-hydrogen) atoms. The maximum absolute atomic E-state index is 12.2. The second-order valence-corrected chi connectivity index (χ2v) is 4.54. The number of carboxylic acid groups (broad SMARTS) is 1. The van der Waals surface area contributed by atoms with Gasteiger partial charge in [-0.1, -0.05) is 48.5 Å². The molecule has 2 aromatic rings. The molecule has 1 amide bonds. The van der Waals surface area contributed by atoms with Gasteiger partial charge in [-0.3, -0.25) is 4.79 Å². The summed E-state index contributed by atoms with van der Waals surface area (Å²) in [6, 6.07) is 16.0. The fraction of sp³-hybridized carbons (Fsp3) is 0.0588. The molecule has 0 aliphatic carbocycles. The van der Waals surface area contributed by atoms with Crippen LogP contribution < -0.4 is 5.32 Å². The Kier molecular flexibility index (Phi) is 4.51. The number of nitrogens with one attached hydrogen (secondary N) is 1. The fourth-order valence-electron chi connectivity index (χ4n) is 1.88. The normalized spacial score (nSPS) is 11.0. The Hall–Kier alpha value is -2.88. The number of hydrogen-bond acceptors (Lipinski definition) is 2. The van der Waals surface area contributed by atoms with Crippen molar-refractivity contribution in [1.82, 2.24) is 5.32 Å². The van der Waals surface area contributed by atoms with Crippen molar-refractivity contribution in [2.75, 3.05) is 0 Å². The SMILES string of the molecule is Cc1ccccc1C(=O)NC(=Cc1ccccc1)C(=O)O. The summed E-state index contributed by atoms with van der Waals surface area (Å²) in [4.78, 5) is 23.4. The molecule has 0 aliphatic heterocycles. The van der Waals surface area contributed by atoms with Crippen LogP contribution in [0.15, 0.2) is 60.3 Å². The highest BCUT2D eigenvalue weighted by Gasteiger charge is 2.14. The second kappa shape index (κ2) is 6.52. The zero-order chi connectivity index (χ0) is 15.2. The minimum Gasteiger partial charge on any atom is -0.477 e. The van der Waals surface area contributed by atoms with E-state index in [1.54, 1.807) is 49.4 Å². The number of carboxylic acids is 1. The monoisotopic (exact) mass is 281 g/mol. The quantitative estimate of drug-likeness (QED) is 0.847. The summed E-state index contributed by atoms with van der Waals surface area (Å²) in [6.07, 6.45) is 1.43. The number of carbonyl (C=O) groups excluding carboxylic acids is 1. The van der Waals surface area contributed by atoms with Gasteiger partial charge in [0.2, 0.25) is 0 Å². The van der Waals surface area contributed by atoms with E-state index < -0.39 is 11.9 Å². The molecule has 0 fully saturated rings. The molecule has 0 spiro atoms. The van der Waals surface area contributed by atoms with Crippen molar-refractivity contribution in [1.29, 1.82) is 0 Å². The van der Waals surface area contributed by atoms with Gasteiger partial charge in [0.1, 0.15) is 5.70 Å². The highest BCUT2D eigenvalue weighted by atomic mass is 16.4. The van der Waals surface area contributed by atoms with E-state index in [0.717, 1.165) is 5.56 Å². The van der Waals surface area contributed by atoms with E-state index in [9.17, 15) is 14.7 Å². The Morgan fingerprint density at radius 2 is 1.62 bits per heavy atom. The van der Waals surface area contributed by atoms with Crippen molar-refractivity contribution in [3.8, 4) is 0 Å². The lowest BCUT2D eigenvalue weighted by atomic mass is 10.1. The number of aliphatic carboxylic acids is 1. The molecule has 2 aromatic carbocycles. The Balaban J connectivity index is 2.26. The van der Waals surface area contributed by atoms with Crippen LogP contribution in [0, 0.1) is 6.92 Å². The van der Waals surface area contributed by atoms with E-state index in [4.69, 9.17) is 0 Å². The average Bonchev–Trinajstić information content (AvgIpc) is 2.48. The van der Waals surface area contributed by atoms with E-state index in [1.165, 1.54) is 6.08 Å². The average molecular weight is 281 g/mol. The van der Waals surface area contributed by atoms with Crippen molar-refractivity contribution in [3.63, 3.8) is 0 Å². The molecule has 4 nitrogen and oxygen atoms in total. The minimum absolute atomic E-state index is 0.158. The van der Waals surface area contributed by atoms with E-state index in [2.05, 4.69) is 5.32 Å². The number of benzene rings is 2. The minimum atomic E-state index is -1.18. The lowest BCUT2D eigenvalue weighted by molar-refractivity contribution is -0.132. The zero-order valence-electron chi connectivity index (χ0n) is 11.5. The number of hydrogen-bond donors (Lipinski definition) is 2. The molecule has 0 saturated carbocycles. The number of aryl methyl sites for hydroxylation is 1. The molecule has 106 valence electrons. The van der Waals surface area contributed by atoms with Crippen molar-refractivity contribution >= 4 is 18.0 Å². The molecule has 0 aliphatic rings. The maximum Gasteiger partial charge on any atom is 0.352 e. The molecule has 0 bridgehead atoms. The second-order valence-electron chi connectivity index (χ2n) is 4.54. The lowest BCUT2D eigenvalue weighted by Gasteiger charge is -2.08. The number of carbonyl (C=O) groups is 2. The standard InChI is InChI=1S/C17H15NO3/c1-12-7-5-6-10-14(12)16(19)18-15(17(20)21)11-13-8-3-2-4-9-13/h2-11H,1H3,(H,18,19)(H,20,21). The Bertz CT molecular complexity index is 690. The van der Waals surface area contributed by atoms with Crippen LogP contribution in [-0.2, 0) is 4.79 Å². The Morgan fingerprint density at radius 1 is 1.00 bits per heavy atom. The first-order valence-electron chi connectivity index (χ1n) is 6.45. The molecule has 0 heterocycles. The molecule has 0 unspecified atom stereocenters. The van der Waals surface area contributed by atoms with Crippen LogP contribution in [0.5, 0.6) is 0 Å². The van der Waals surface area contributed by atoms with Crippen LogP contribution in [0.1, 0.15) is 21.5 Å². The van der Waals surface area contributed by atoms with Crippen LogP contribution in [0.2, 0.25) is 0 Å². The van der Waals surface area contributed by atoms with Gasteiger partial charge in [0.25, 0.3) is 5.91 Å². The van der Waals surface area contributed by atoms with Crippen LogP contribution in [0.25, 0.3) is 6.08 Å². The zero-order valence-corrected chi connectivity index (χ0v) is 11.5. The summed E-state index contributed by atoms with van der Waals surface area (Å²) >= 11 is 0. The predicted molar refractivity (Wildman–Crippen MR) is 80.7 cm³/mol. The summed E-state index contributed by atoms with van der Waals surface area (Å²) in [5, 5.41) is 11.7. The lowest BCUT2D eigenvalue weighted by Crippen LogP contribution is -2.27. The van der Waals surface area contributed by atoms with E-state index >= 15 is 0 Å². The van der Waals surface area contributed by atoms with E-state index in [-0.39, 0.29) is 5.70 Å². The maximum atomic E-state index is 12.2. The third kappa shape index (κ3) is 3.79. The van der Waals surface area contributed by atoms with Crippen molar-refractivity contribution in [3.05, 3.63) is 77.0 Å². The first-order chi connectivity index (χ1) is 10.1. The molecule has 0 atom stereocenters. The van der Waals surface area contributed by atoms with Gasteiger partial charge in [0.15, 0.2) is 0 Å². The van der Waals surface area contributed by atoms with E-state index in [0.29, 0.717) is 11.1 Å². The van der Waals surface area contributed by atoms with E-state index in [1.807, 2.05) is 12.1 Å². The van der Waals surface area contributed by atoms with Gasteiger partial charge in [-0.25, -0.2) is 4.79 Å². The smallest absolute Gasteiger partial charge is 0.352 e. The molecule has 2 rings (SSSR count). The van der Waals surface area contributed by atoms with Crippen LogP contribution in [0.3, 0.4) is 0 Å². The van der Waals surface area contributed by atoms with Gasteiger partial charge >= 0.3 is 5.97 Å². The largest absolute Gasteiger partial charge is 0.477 e. The topological polar surface area (TPSA) is 66.4 Å². The highest BCUT2D eigenvalue weighted by molar-refractivity contribution is 6.03. The Labute approximate surface area is 122 Å². The third-order valence-electron chi connectivity index (χ3n) is 2.98. The third-order valence-corrected chi connectivity index (χ3v) is 2.98. The summed E-state index contributed by atoms with van der Waals surface area (Å²) in [7, 11) is 0. The van der Waals surface area contributed by atoms with Crippen LogP contribution in [-0.4, -0.2) is 17.0 Å². The first-order valence-corrected chi connectivity index (χ1v) is 6.45. The van der Waals surface area contributed by atoms with Crippen molar-refractivity contribution < 1.29 is 14.7 Å². The molecular weight excluding hydrogens is 266 g/mol. The molecule has 4 heteroatoms. The molecule has 0 saturated heterocycles. The van der Waals surface area contributed by atoms with Gasteiger partial charge in [-0.2, -0.15) is 0 Å². The van der Waals surface area contributed by atoms with Crippen LogP contribution in [0.4, 0.5) is 0 Å². The first kappa shape index (κ1) is 14.5. The van der Waals surface area contributed by atoms with Gasteiger partial charge in [-0.15, -0.1) is 0 Å². The van der Waals surface area contributed by atoms with Crippen molar-refractivity contribution in [2.45, 2.75) is 6.92 Å². The van der Waals surface area contributed by atoms with Gasteiger partial charge < -0.3 is 10.4 Å². The molecule has 0 radical (unpaired) electrons. The number of rotatable bonds is 4. The molecule has 2 N–H and O–H groups in total. The predicted octanol–water partition coefficient (Wildman–Crippen LogP) is 2.85. The summed E-state index contributed by atoms with van der Waals surface area (Å²) in [5.41, 5.74) is 1.80. The molecule has 0 aromatic heterocycles. The van der Waals surface area contributed by atoms with Gasteiger partial charge in [-0.05, 0) is 30.2 Å². The van der Waals surface area contributed by atoms with Crippen molar-refractivity contribution in [2.24, 2.45) is 0 Å². The molecular formula is C17H15NO3. The summed E-state index contributed by atoms with van der Waals surface area (Å²) < 4.78 is 0.